The third-order valence-electron chi connectivity index (χ3n) is 6.15. The van der Waals surface area contributed by atoms with E-state index in [4.69, 9.17) is 15.0 Å². The van der Waals surface area contributed by atoms with Gasteiger partial charge in [0.2, 0.25) is 11.9 Å². The van der Waals surface area contributed by atoms with Crippen molar-refractivity contribution in [2.75, 3.05) is 5.32 Å². The number of benzene rings is 2. The number of rotatable bonds is 4. The molecule has 1 N–H and O–H groups in total. The molecule has 5 nitrogen and oxygen atoms in total. The highest BCUT2D eigenvalue weighted by atomic mass is 32.1. The van der Waals surface area contributed by atoms with E-state index in [9.17, 15) is 0 Å². The van der Waals surface area contributed by atoms with Crippen molar-refractivity contribution in [3.05, 3.63) is 83.4 Å². The molecule has 3 aromatic heterocycles. The lowest BCUT2D eigenvalue weighted by atomic mass is 9.88. The minimum absolute atomic E-state index is 0.490. The highest BCUT2D eigenvalue weighted by Crippen LogP contribution is 2.41. The van der Waals surface area contributed by atoms with Crippen molar-refractivity contribution in [2.45, 2.75) is 26.2 Å². The van der Waals surface area contributed by atoms with Gasteiger partial charge in [-0.2, -0.15) is 0 Å². The molecule has 5 aromatic rings. The van der Waals surface area contributed by atoms with Crippen LogP contribution >= 0.6 is 11.3 Å². The maximum absolute atomic E-state index is 4.97. The Kier molecular flexibility index (Phi) is 5.07. The summed E-state index contributed by atoms with van der Waals surface area (Å²) >= 11 is 1.81. The largest absolute Gasteiger partial charge is 0.293 e. The summed E-state index contributed by atoms with van der Waals surface area (Å²) in [5.41, 5.74) is 5.42. The predicted molar refractivity (Wildman–Crippen MR) is 135 cm³/mol. The smallest absolute Gasteiger partial charge is 0.231 e. The van der Waals surface area contributed by atoms with Crippen molar-refractivity contribution in [3.63, 3.8) is 0 Å². The van der Waals surface area contributed by atoms with Gasteiger partial charge in [-0.3, -0.25) is 5.32 Å². The molecule has 1 aliphatic carbocycles. The molecule has 0 spiro atoms. The van der Waals surface area contributed by atoms with Gasteiger partial charge in [-0.05, 0) is 36.8 Å². The second-order valence-corrected chi connectivity index (χ2v) is 9.63. The fourth-order valence-corrected chi connectivity index (χ4v) is 5.87. The van der Waals surface area contributed by atoms with E-state index in [2.05, 4.69) is 41.5 Å². The first-order chi connectivity index (χ1) is 16.2. The Labute approximate surface area is 196 Å². The predicted octanol–water partition coefficient (Wildman–Crippen LogP) is 6.68. The molecule has 6 heteroatoms. The van der Waals surface area contributed by atoms with Gasteiger partial charge in [-0.15, -0.1) is 11.3 Å². The van der Waals surface area contributed by atoms with Crippen molar-refractivity contribution in [2.24, 2.45) is 5.92 Å². The topological polar surface area (TPSA) is 63.6 Å². The van der Waals surface area contributed by atoms with E-state index < -0.39 is 0 Å². The zero-order valence-electron chi connectivity index (χ0n) is 18.3. The lowest BCUT2D eigenvalue weighted by molar-refractivity contribution is 0.509. The summed E-state index contributed by atoms with van der Waals surface area (Å²) in [6, 6.07) is 22.4. The first-order valence-electron chi connectivity index (χ1n) is 11.3. The summed E-state index contributed by atoms with van der Waals surface area (Å²) in [6.45, 7) is 2.33. The van der Waals surface area contributed by atoms with Gasteiger partial charge in [0.1, 0.15) is 4.83 Å². The van der Waals surface area contributed by atoms with E-state index >= 15 is 0 Å². The molecule has 0 saturated carbocycles. The van der Waals surface area contributed by atoms with E-state index in [-0.39, 0.29) is 0 Å². The number of anilines is 2. The van der Waals surface area contributed by atoms with Crippen molar-refractivity contribution in [3.8, 4) is 22.5 Å². The lowest BCUT2D eigenvalue weighted by Crippen LogP contribution is -2.09. The number of thiophene rings is 1. The van der Waals surface area contributed by atoms with Gasteiger partial charge in [0.05, 0.1) is 11.4 Å². The summed E-state index contributed by atoms with van der Waals surface area (Å²) < 4.78 is 0. The minimum Gasteiger partial charge on any atom is -0.293 e. The first-order valence-corrected chi connectivity index (χ1v) is 12.1. The third kappa shape index (κ3) is 3.87. The van der Waals surface area contributed by atoms with Gasteiger partial charge in [0, 0.05) is 27.6 Å². The number of fused-ring (bicyclic) bond motifs is 3. The number of aromatic nitrogens is 4. The zero-order valence-corrected chi connectivity index (χ0v) is 19.1. The summed E-state index contributed by atoms with van der Waals surface area (Å²) in [6.07, 6.45) is 5.19. The van der Waals surface area contributed by atoms with Gasteiger partial charge < -0.3 is 0 Å². The number of nitrogens with zero attached hydrogens (tertiary/aromatic N) is 4. The molecule has 2 aromatic carbocycles. The maximum Gasteiger partial charge on any atom is 0.231 e. The van der Waals surface area contributed by atoms with Crippen LogP contribution in [0.5, 0.6) is 0 Å². The zero-order chi connectivity index (χ0) is 22.2. The van der Waals surface area contributed by atoms with Crippen molar-refractivity contribution in [1.82, 2.24) is 19.9 Å². The SMILES string of the molecule is CC1CCc2c(sc3nc(Nc4nccc(-c5ccccc5)n4)nc(-c4ccccc4)c23)C1. The normalized spacial score (nSPS) is 15.4. The third-order valence-corrected chi connectivity index (χ3v) is 7.30. The van der Waals surface area contributed by atoms with Crippen molar-refractivity contribution < 1.29 is 0 Å². The highest BCUT2D eigenvalue weighted by molar-refractivity contribution is 7.19. The molecule has 1 unspecified atom stereocenters. The van der Waals surface area contributed by atoms with Crippen LogP contribution in [0.3, 0.4) is 0 Å². The Morgan fingerprint density at radius 3 is 2.39 bits per heavy atom. The van der Waals surface area contributed by atoms with Gasteiger partial charge >= 0.3 is 0 Å². The monoisotopic (exact) mass is 449 g/mol. The number of hydrogen-bond donors (Lipinski definition) is 1. The Morgan fingerprint density at radius 1 is 0.848 bits per heavy atom. The molecule has 0 radical (unpaired) electrons. The molecular weight excluding hydrogens is 426 g/mol. The summed E-state index contributed by atoms with van der Waals surface area (Å²) in [7, 11) is 0. The van der Waals surface area contributed by atoms with Gasteiger partial charge in [0.15, 0.2) is 0 Å². The van der Waals surface area contributed by atoms with Crippen LogP contribution in [0.2, 0.25) is 0 Å². The van der Waals surface area contributed by atoms with E-state index in [0.717, 1.165) is 40.2 Å². The standard InChI is InChI=1S/C27H23N5S/c1-17-12-13-20-22(16-17)33-25-23(20)24(19-10-6-3-7-11-19)30-27(31-25)32-26-28-15-14-21(29-26)18-8-4-2-5-9-18/h2-11,14-15,17H,12-13,16H2,1H3,(H,28,29,30,31,32). The van der Waals surface area contributed by atoms with Crippen LogP contribution in [0.1, 0.15) is 23.8 Å². The van der Waals surface area contributed by atoms with Gasteiger partial charge in [0.25, 0.3) is 0 Å². The number of hydrogen-bond acceptors (Lipinski definition) is 6. The Bertz CT molecular complexity index is 1430. The average Bonchev–Trinajstić information content (AvgIpc) is 3.22. The molecule has 162 valence electrons. The van der Waals surface area contributed by atoms with Crippen LogP contribution in [-0.2, 0) is 12.8 Å². The van der Waals surface area contributed by atoms with Crippen LogP contribution in [0.25, 0.3) is 32.7 Å². The summed E-state index contributed by atoms with van der Waals surface area (Å²) in [4.78, 5) is 21.5. The van der Waals surface area contributed by atoms with Crippen molar-refractivity contribution >= 4 is 33.5 Å². The van der Waals surface area contributed by atoms with Gasteiger partial charge in [-0.25, -0.2) is 19.9 Å². The molecule has 0 bridgehead atoms. The van der Waals surface area contributed by atoms with Crippen LogP contribution in [0, 0.1) is 5.92 Å². The molecule has 0 fully saturated rings. The Hall–Kier alpha value is -3.64. The molecule has 6 rings (SSSR count). The Balaban J connectivity index is 1.45. The maximum atomic E-state index is 4.97. The lowest BCUT2D eigenvalue weighted by Gasteiger charge is -2.18. The summed E-state index contributed by atoms with van der Waals surface area (Å²) in [5.74, 6) is 1.73. The molecule has 33 heavy (non-hydrogen) atoms. The molecular formula is C27H23N5S. The summed E-state index contributed by atoms with van der Waals surface area (Å²) in [5, 5.41) is 4.47. The quantitative estimate of drug-likeness (QED) is 0.331. The first kappa shape index (κ1) is 20.0. The molecule has 1 aliphatic rings. The average molecular weight is 450 g/mol. The van der Waals surface area contributed by atoms with E-state index in [1.807, 2.05) is 42.5 Å². The van der Waals surface area contributed by atoms with Crippen LogP contribution < -0.4 is 5.32 Å². The molecule has 0 aliphatic heterocycles. The van der Waals surface area contributed by atoms with E-state index in [1.54, 1.807) is 17.5 Å². The van der Waals surface area contributed by atoms with E-state index in [0.29, 0.717) is 17.8 Å². The molecule has 3 heterocycles. The molecule has 0 saturated heterocycles. The highest BCUT2D eigenvalue weighted by Gasteiger charge is 2.24. The second-order valence-electron chi connectivity index (χ2n) is 8.55. The van der Waals surface area contributed by atoms with Crippen LogP contribution in [-0.4, -0.2) is 19.9 Å². The number of nitrogens with one attached hydrogen (secondary N) is 1. The Morgan fingerprint density at radius 2 is 1.61 bits per heavy atom. The minimum atomic E-state index is 0.490. The van der Waals surface area contributed by atoms with Gasteiger partial charge in [-0.1, -0.05) is 67.6 Å². The van der Waals surface area contributed by atoms with Crippen LogP contribution in [0.4, 0.5) is 11.9 Å². The number of aryl methyl sites for hydroxylation is 1. The fourth-order valence-electron chi connectivity index (χ4n) is 4.49. The fraction of sp³-hybridized carbons (Fsp3) is 0.185. The molecule has 0 amide bonds. The molecule has 1 atom stereocenters. The van der Waals surface area contributed by atoms with Crippen molar-refractivity contribution in [1.29, 1.82) is 0 Å². The second kappa shape index (κ2) is 8.37. The van der Waals surface area contributed by atoms with Crippen LogP contribution in [0.15, 0.2) is 72.9 Å². The van der Waals surface area contributed by atoms with E-state index in [1.165, 1.54) is 22.2 Å².